The van der Waals surface area contributed by atoms with Gasteiger partial charge in [0.05, 0.1) is 17.1 Å². The molecule has 1 aromatic carbocycles. The predicted octanol–water partition coefficient (Wildman–Crippen LogP) is 2.86. The molecule has 0 unspecified atom stereocenters. The fourth-order valence-electron chi connectivity index (χ4n) is 3.45. The normalized spacial score (nSPS) is 14.9. The molecule has 4 rings (SSSR count). The molecule has 144 valence electrons. The molecule has 0 aliphatic carbocycles. The zero-order valence-electron chi connectivity index (χ0n) is 15.7. The van der Waals surface area contributed by atoms with E-state index in [4.69, 9.17) is 0 Å². The van der Waals surface area contributed by atoms with Crippen molar-refractivity contribution in [3.63, 3.8) is 0 Å². The number of benzene rings is 1. The number of H-pyrrole nitrogens is 1. The van der Waals surface area contributed by atoms with Crippen LogP contribution >= 0.6 is 11.3 Å². The maximum absolute atomic E-state index is 12.7. The number of carbonyl (C=O) groups is 2. The lowest BCUT2D eigenvalue weighted by Crippen LogP contribution is -2.50. The number of aromatic nitrogens is 2. The lowest BCUT2D eigenvalue weighted by atomic mass is 10.1. The molecule has 1 saturated heterocycles. The molecule has 2 amide bonds. The Bertz CT molecular complexity index is 1030. The van der Waals surface area contributed by atoms with E-state index < -0.39 is 0 Å². The van der Waals surface area contributed by atoms with Crippen molar-refractivity contribution in [2.45, 2.75) is 13.3 Å². The van der Waals surface area contributed by atoms with Crippen LogP contribution in [0.1, 0.15) is 16.3 Å². The SMILES string of the molecule is Cc1nc(/C=C/C(=O)N2CCN(C(=O)Cc3c[nH]c4ccccc34)CC2)cs1. The van der Waals surface area contributed by atoms with E-state index in [1.807, 2.05) is 47.7 Å². The molecule has 1 aliphatic rings. The molecule has 0 saturated carbocycles. The van der Waals surface area contributed by atoms with Crippen LogP contribution in [0.25, 0.3) is 17.0 Å². The maximum Gasteiger partial charge on any atom is 0.246 e. The first-order valence-corrected chi connectivity index (χ1v) is 10.2. The summed E-state index contributed by atoms with van der Waals surface area (Å²) in [5.41, 5.74) is 2.87. The Labute approximate surface area is 167 Å². The van der Waals surface area contributed by atoms with Crippen LogP contribution in [0.2, 0.25) is 0 Å². The van der Waals surface area contributed by atoms with Gasteiger partial charge in [-0.25, -0.2) is 4.98 Å². The van der Waals surface area contributed by atoms with Gasteiger partial charge in [0.1, 0.15) is 0 Å². The molecule has 2 aromatic heterocycles. The maximum atomic E-state index is 12.7. The van der Waals surface area contributed by atoms with Crippen LogP contribution in [0, 0.1) is 6.92 Å². The molecule has 0 spiro atoms. The van der Waals surface area contributed by atoms with Crippen LogP contribution in [0.5, 0.6) is 0 Å². The zero-order valence-corrected chi connectivity index (χ0v) is 16.5. The topological polar surface area (TPSA) is 69.3 Å². The Kier molecular flexibility index (Phi) is 5.25. The van der Waals surface area contributed by atoms with E-state index in [2.05, 4.69) is 9.97 Å². The van der Waals surface area contributed by atoms with Crippen molar-refractivity contribution in [2.24, 2.45) is 0 Å². The first-order chi connectivity index (χ1) is 13.6. The summed E-state index contributed by atoms with van der Waals surface area (Å²) in [6.07, 6.45) is 5.60. The number of thiazole rings is 1. The summed E-state index contributed by atoms with van der Waals surface area (Å²) in [6.45, 7) is 4.18. The van der Waals surface area contributed by atoms with Crippen LogP contribution in [0.15, 0.2) is 41.9 Å². The number of amides is 2. The van der Waals surface area contributed by atoms with E-state index in [9.17, 15) is 9.59 Å². The number of nitrogens with one attached hydrogen (secondary N) is 1. The summed E-state index contributed by atoms with van der Waals surface area (Å²) in [4.78, 5) is 36.2. The number of fused-ring (bicyclic) bond motifs is 1. The molecule has 0 bridgehead atoms. The van der Waals surface area contributed by atoms with E-state index in [-0.39, 0.29) is 11.8 Å². The third-order valence-corrected chi connectivity index (χ3v) is 5.79. The number of aromatic amines is 1. The lowest BCUT2D eigenvalue weighted by molar-refractivity contribution is -0.136. The number of aryl methyl sites for hydroxylation is 1. The second-order valence-corrected chi connectivity index (χ2v) is 7.93. The molecule has 28 heavy (non-hydrogen) atoms. The molecule has 6 nitrogen and oxygen atoms in total. The zero-order chi connectivity index (χ0) is 19.5. The summed E-state index contributed by atoms with van der Waals surface area (Å²) >= 11 is 1.56. The smallest absolute Gasteiger partial charge is 0.246 e. The molecule has 7 heteroatoms. The average Bonchev–Trinajstić information content (AvgIpc) is 3.32. The summed E-state index contributed by atoms with van der Waals surface area (Å²) in [6, 6.07) is 8.00. The number of carbonyl (C=O) groups excluding carboxylic acids is 2. The monoisotopic (exact) mass is 394 g/mol. The fourth-order valence-corrected chi connectivity index (χ4v) is 4.03. The van der Waals surface area contributed by atoms with Crippen molar-refractivity contribution in [3.8, 4) is 0 Å². The summed E-state index contributed by atoms with van der Waals surface area (Å²) in [5.74, 6) is 0.0692. The quantitative estimate of drug-likeness (QED) is 0.692. The third-order valence-electron chi connectivity index (χ3n) is 4.99. The molecule has 1 N–H and O–H groups in total. The standard InChI is InChI=1S/C21H22N4O2S/c1-15-23-17(14-28-15)6-7-20(26)24-8-10-25(11-9-24)21(27)12-16-13-22-19-5-3-2-4-18(16)19/h2-7,13-14,22H,8-12H2,1H3/b7-6+. The first kappa shape index (κ1) is 18.4. The highest BCUT2D eigenvalue weighted by Gasteiger charge is 2.23. The van der Waals surface area contributed by atoms with Crippen LogP contribution in [-0.2, 0) is 16.0 Å². The molecule has 3 aromatic rings. The Morgan fingerprint density at radius 2 is 1.93 bits per heavy atom. The van der Waals surface area contributed by atoms with Crippen molar-refractivity contribution in [3.05, 3.63) is 58.2 Å². The largest absolute Gasteiger partial charge is 0.361 e. The molecule has 0 radical (unpaired) electrons. The highest BCUT2D eigenvalue weighted by molar-refractivity contribution is 7.09. The second-order valence-electron chi connectivity index (χ2n) is 6.87. The van der Waals surface area contributed by atoms with Gasteiger partial charge < -0.3 is 14.8 Å². The Morgan fingerprint density at radius 1 is 1.18 bits per heavy atom. The molecular weight excluding hydrogens is 372 g/mol. The van der Waals surface area contributed by atoms with Crippen molar-refractivity contribution in [1.29, 1.82) is 0 Å². The van der Waals surface area contributed by atoms with Crippen LogP contribution in [0.4, 0.5) is 0 Å². The molecular formula is C21H22N4O2S. The highest BCUT2D eigenvalue weighted by atomic mass is 32.1. The Morgan fingerprint density at radius 3 is 2.68 bits per heavy atom. The van der Waals surface area contributed by atoms with Crippen molar-refractivity contribution < 1.29 is 9.59 Å². The predicted molar refractivity (Wildman–Crippen MR) is 111 cm³/mol. The van der Waals surface area contributed by atoms with E-state index in [0.717, 1.165) is 27.2 Å². The van der Waals surface area contributed by atoms with Gasteiger partial charge in [-0.1, -0.05) is 18.2 Å². The van der Waals surface area contributed by atoms with Gasteiger partial charge in [-0.15, -0.1) is 11.3 Å². The first-order valence-electron chi connectivity index (χ1n) is 9.32. The van der Waals surface area contributed by atoms with Crippen LogP contribution < -0.4 is 0 Å². The van der Waals surface area contributed by atoms with Crippen LogP contribution in [0.3, 0.4) is 0 Å². The highest BCUT2D eigenvalue weighted by Crippen LogP contribution is 2.19. The minimum Gasteiger partial charge on any atom is -0.361 e. The summed E-state index contributed by atoms with van der Waals surface area (Å²) < 4.78 is 0. The van der Waals surface area contributed by atoms with Gasteiger partial charge in [-0.2, -0.15) is 0 Å². The number of hydrogen-bond acceptors (Lipinski definition) is 4. The summed E-state index contributed by atoms with van der Waals surface area (Å²) in [7, 11) is 0. The van der Waals surface area contributed by atoms with E-state index in [1.54, 1.807) is 28.4 Å². The van der Waals surface area contributed by atoms with Gasteiger partial charge >= 0.3 is 0 Å². The number of para-hydroxylation sites is 1. The Balaban J connectivity index is 1.31. The minimum atomic E-state index is -0.0330. The van der Waals surface area contributed by atoms with Gasteiger partial charge in [0.2, 0.25) is 11.8 Å². The van der Waals surface area contributed by atoms with Crippen LogP contribution in [-0.4, -0.2) is 57.8 Å². The third kappa shape index (κ3) is 3.99. The van der Waals surface area contributed by atoms with Crippen molar-refractivity contribution in [1.82, 2.24) is 19.8 Å². The summed E-state index contributed by atoms with van der Waals surface area (Å²) in [5, 5.41) is 4.00. The lowest BCUT2D eigenvalue weighted by Gasteiger charge is -2.34. The molecule has 3 heterocycles. The minimum absolute atomic E-state index is 0.0330. The van der Waals surface area contributed by atoms with Gasteiger partial charge in [0.25, 0.3) is 0 Å². The number of rotatable bonds is 4. The average molecular weight is 395 g/mol. The van der Waals surface area contributed by atoms with Gasteiger partial charge in [0.15, 0.2) is 0 Å². The van der Waals surface area contributed by atoms with Gasteiger partial charge in [0, 0.05) is 54.7 Å². The second kappa shape index (κ2) is 7.98. The number of hydrogen-bond donors (Lipinski definition) is 1. The van der Waals surface area contributed by atoms with E-state index in [0.29, 0.717) is 32.6 Å². The van der Waals surface area contributed by atoms with Gasteiger partial charge in [-0.3, -0.25) is 9.59 Å². The van der Waals surface area contributed by atoms with Crippen molar-refractivity contribution >= 4 is 40.1 Å². The number of nitrogens with zero attached hydrogens (tertiary/aromatic N) is 3. The molecule has 1 fully saturated rings. The Hall–Kier alpha value is -2.93. The molecule has 0 atom stereocenters. The van der Waals surface area contributed by atoms with E-state index in [1.165, 1.54) is 0 Å². The number of piperazine rings is 1. The van der Waals surface area contributed by atoms with Crippen molar-refractivity contribution in [2.75, 3.05) is 26.2 Å². The fraction of sp³-hybridized carbons (Fsp3) is 0.286. The molecule has 1 aliphatic heterocycles. The van der Waals surface area contributed by atoms with E-state index >= 15 is 0 Å². The van der Waals surface area contributed by atoms with Gasteiger partial charge in [-0.05, 0) is 24.6 Å².